The van der Waals surface area contributed by atoms with Gasteiger partial charge in [0.2, 0.25) is 11.8 Å². The minimum absolute atomic E-state index is 0.419. The van der Waals surface area contributed by atoms with Gasteiger partial charge in [-0.15, -0.1) is 0 Å². The van der Waals surface area contributed by atoms with Crippen LogP contribution in [0.15, 0.2) is 0 Å². The van der Waals surface area contributed by atoms with E-state index < -0.39 is 23.8 Å². The lowest BCUT2D eigenvalue weighted by molar-refractivity contribution is -0.141. The molecule has 5 heteroatoms. The van der Waals surface area contributed by atoms with Gasteiger partial charge in [-0.1, -0.05) is 6.92 Å². The number of barbiturate groups is 1. The molecule has 4 amide bonds. The number of carbonyl (C=O) groups is 3. The number of nitrogens with one attached hydrogen (secondary N) is 1. The van der Waals surface area contributed by atoms with Crippen LogP contribution >= 0.6 is 0 Å². The van der Waals surface area contributed by atoms with Gasteiger partial charge in [-0.3, -0.25) is 19.8 Å². The zero-order valence-corrected chi connectivity index (χ0v) is 6.96. The normalized spacial score (nSPS) is 24.3. The molecule has 1 heterocycles. The van der Waals surface area contributed by atoms with E-state index in [2.05, 4.69) is 5.32 Å². The molecule has 0 aliphatic carbocycles. The molecule has 0 bridgehead atoms. The van der Waals surface area contributed by atoms with E-state index in [4.69, 9.17) is 0 Å². The number of hydrogen-bond acceptors (Lipinski definition) is 3. The fourth-order valence-electron chi connectivity index (χ4n) is 1.08. The van der Waals surface area contributed by atoms with E-state index in [0.717, 1.165) is 4.90 Å². The molecule has 1 aliphatic rings. The first kappa shape index (κ1) is 8.70. The van der Waals surface area contributed by atoms with E-state index in [1.54, 1.807) is 6.92 Å². The Balaban J connectivity index is 2.86. The molecule has 0 aromatic rings. The minimum atomic E-state index is -0.701. The van der Waals surface area contributed by atoms with Crippen LogP contribution in [0, 0.1) is 5.92 Å². The molecule has 1 rings (SSSR count). The van der Waals surface area contributed by atoms with Crippen LogP contribution in [0.5, 0.6) is 0 Å². The highest BCUT2D eigenvalue weighted by Gasteiger charge is 2.36. The predicted molar refractivity (Wildman–Crippen MR) is 40.1 cm³/mol. The molecule has 5 nitrogen and oxygen atoms in total. The third-order valence-electron chi connectivity index (χ3n) is 1.89. The third kappa shape index (κ3) is 1.17. The molecule has 0 radical (unpaired) electrons. The highest BCUT2D eigenvalue weighted by atomic mass is 16.2. The molecule has 1 N–H and O–H groups in total. The summed E-state index contributed by atoms with van der Waals surface area (Å²) in [5, 5.41) is 2.09. The lowest BCUT2D eigenvalue weighted by atomic mass is 10.0. The van der Waals surface area contributed by atoms with Crippen LogP contribution < -0.4 is 5.32 Å². The van der Waals surface area contributed by atoms with Crippen molar-refractivity contribution in [2.45, 2.75) is 13.3 Å². The second kappa shape index (κ2) is 2.92. The average molecular weight is 170 g/mol. The van der Waals surface area contributed by atoms with Crippen LogP contribution in [0.25, 0.3) is 0 Å². The molecule has 0 aromatic carbocycles. The van der Waals surface area contributed by atoms with Crippen molar-refractivity contribution in [2.24, 2.45) is 5.92 Å². The highest BCUT2D eigenvalue weighted by Crippen LogP contribution is 2.11. The van der Waals surface area contributed by atoms with Gasteiger partial charge in [0.25, 0.3) is 0 Å². The van der Waals surface area contributed by atoms with Crippen molar-refractivity contribution in [1.29, 1.82) is 0 Å². The molecule has 1 atom stereocenters. The van der Waals surface area contributed by atoms with Gasteiger partial charge in [0.15, 0.2) is 0 Å². The minimum Gasteiger partial charge on any atom is -0.277 e. The molecule has 1 fully saturated rings. The fraction of sp³-hybridized carbons (Fsp3) is 0.571. The summed E-state index contributed by atoms with van der Waals surface area (Å²) in [7, 11) is 1.35. The lowest BCUT2D eigenvalue weighted by Gasteiger charge is -2.26. The summed E-state index contributed by atoms with van der Waals surface area (Å²) in [6.45, 7) is 1.73. The first-order valence-corrected chi connectivity index (χ1v) is 3.70. The Hall–Kier alpha value is -1.39. The Morgan fingerprint density at radius 1 is 1.42 bits per heavy atom. The summed E-state index contributed by atoms with van der Waals surface area (Å²) in [5.41, 5.74) is 0. The Morgan fingerprint density at radius 2 is 2.00 bits per heavy atom. The quantitative estimate of drug-likeness (QED) is 0.550. The maximum Gasteiger partial charge on any atom is 0.330 e. The van der Waals surface area contributed by atoms with Crippen LogP contribution in [-0.2, 0) is 9.59 Å². The number of urea groups is 1. The summed E-state index contributed by atoms with van der Waals surface area (Å²) in [6.07, 6.45) is 0.419. The van der Waals surface area contributed by atoms with E-state index in [0.29, 0.717) is 6.42 Å². The molecular weight excluding hydrogens is 160 g/mol. The van der Waals surface area contributed by atoms with Crippen LogP contribution in [0.2, 0.25) is 0 Å². The monoisotopic (exact) mass is 170 g/mol. The molecule has 0 saturated carbocycles. The molecule has 12 heavy (non-hydrogen) atoms. The number of nitrogens with zero attached hydrogens (tertiary/aromatic N) is 1. The van der Waals surface area contributed by atoms with Crippen LogP contribution in [0.3, 0.4) is 0 Å². The second-order valence-corrected chi connectivity index (χ2v) is 2.65. The predicted octanol–water partition coefficient (Wildman–Crippen LogP) is -0.279. The fourth-order valence-corrected chi connectivity index (χ4v) is 1.08. The highest BCUT2D eigenvalue weighted by molar-refractivity contribution is 6.15. The molecule has 0 aromatic heterocycles. The first-order chi connectivity index (χ1) is 5.57. The van der Waals surface area contributed by atoms with Gasteiger partial charge in [0.1, 0.15) is 5.92 Å². The van der Waals surface area contributed by atoms with Gasteiger partial charge in [-0.25, -0.2) is 4.79 Å². The SMILES string of the molecule is CCC1C(=O)NC(=O)N(C)C1=O. The number of amides is 4. The molecule has 0 spiro atoms. The van der Waals surface area contributed by atoms with Crippen molar-refractivity contribution in [3.8, 4) is 0 Å². The largest absolute Gasteiger partial charge is 0.330 e. The van der Waals surface area contributed by atoms with Gasteiger partial charge in [-0.05, 0) is 6.42 Å². The number of hydrogen-bond donors (Lipinski definition) is 1. The maximum atomic E-state index is 11.2. The van der Waals surface area contributed by atoms with Crippen LogP contribution in [0.1, 0.15) is 13.3 Å². The van der Waals surface area contributed by atoms with Gasteiger partial charge in [-0.2, -0.15) is 0 Å². The van der Waals surface area contributed by atoms with Crippen molar-refractivity contribution in [3.63, 3.8) is 0 Å². The van der Waals surface area contributed by atoms with Crippen molar-refractivity contribution < 1.29 is 14.4 Å². The summed E-state index contributed by atoms with van der Waals surface area (Å²) < 4.78 is 0. The topological polar surface area (TPSA) is 66.5 Å². The van der Waals surface area contributed by atoms with E-state index in [-0.39, 0.29) is 0 Å². The second-order valence-electron chi connectivity index (χ2n) is 2.65. The third-order valence-corrected chi connectivity index (χ3v) is 1.89. The van der Waals surface area contributed by atoms with E-state index in [1.165, 1.54) is 7.05 Å². The van der Waals surface area contributed by atoms with Gasteiger partial charge in [0, 0.05) is 7.05 Å². The van der Waals surface area contributed by atoms with Crippen LogP contribution in [0.4, 0.5) is 4.79 Å². The zero-order valence-electron chi connectivity index (χ0n) is 6.96. The van der Waals surface area contributed by atoms with Crippen LogP contribution in [-0.4, -0.2) is 29.8 Å². The lowest BCUT2D eigenvalue weighted by Crippen LogP contribution is -2.56. The Labute approximate surface area is 69.7 Å². The van der Waals surface area contributed by atoms with E-state index in [1.807, 2.05) is 0 Å². The summed E-state index contributed by atoms with van der Waals surface area (Å²) >= 11 is 0. The van der Waals surface area contributed by atoms with Gasteiger partial charge >= 0.3 is 6.03 Å². The first-order valence-electron chi connectivity index (χ1n) is 3.70. The van der Waals surface area contributed by atoms with E-state index >= 15 is 0 Å². The Bertz CT molecular complexity index is 249. The smallest absolute Gasteiger partial charge is 0.277 e. The van der Waals surface area contributed by atoms with Crippen molar-refractivity contribution in [1.82, 2.24) is 10.2 Å². The Kier molecular flexibility index (Phi) is 2.12. The molecular formula is C7H10N2O3. The molecule has 1 unspecified atom stereocenters. The zero-order chi connectivity index (χ0) is 9.30. The average Bonchev–Trinajstić information content (AvgIpc) is 2.01. The Morgan fingerprint density at radius 3 is 2.50 bits per heavy atom. The van der Waals surface area contributed by atoms with Crippen molar-refractivity contribution in [2.75, 3.05) is 7.05 Å². The summed E-state index contributed by atoms with van der Waals surface area (Å²) in [4.78, 5) is 34.0. The van der Waals surface area contributed by atoms with E-state index in [9.17, 15) is 14.4 Å². The van der Waals surface area contributed by atoms with Crippen molar-refractivity contribution >= 4 is 17.8 Å². The summed E-state index contributed by atoms with van der Waals surface area (Å²) in [6, 6.07) is -0.644. The molecule has 1 saturated heterocycles. The maximum absolute atomic E-state index is 11.2. The standard InChI is InChI=1S/C7H10N2O3/c1-3-4-5(10)8-7(12)9(2)6(4)11/h4H,3H2,1-2H3,(H,8,10,12). The number of carbonyl (C=O) groups excluding carboxylic acids is 3. The van der Waals surface area contributed by atoms with Gasteiger partial charge < -0.3 is 0 Å². The number of rotatable bonds is 1. The summed E-state index contributed by atoms with van der Waals surface area (Å²) in [5.74, 6) is -1.62. The van der Waals surface area contributed by atoms with Gasteiger partial charge in [0.05, 0.1) is 0 Å². The van der Waals surface area contributed by atoms with Crippen molar-refractivity contribution in [3.05, 3.63) is 0 Å². The number of imide groups is 2. The molecule has 66 valence electrons. The molecule has 1 aliphatic heterocycles.